The Morgan fingerprint density at radius 3 is 2.26 bits per heavy atom. The van der Waals surface area contributed by atoms with E-state index in [4.69, 9.17) is 0 Å². The molecule has 1 aliphatic rings. The fraction of sp³-hybridized carbons (Fsp3) is 0.448. The van der Waals surface area contributed by atoms with Crippen LogP contribution >= 0.6 is 0 Å². The normalized spacial score (nSPS) is 19.1. The van der Waals surface area contributed by atoms with E-state index in [-0.39, 0.29) is 11.6 Å². The Balaban J connectivity index is 1.41. The lowest BCUT2D eigenvalue weighted by Crippen LogP contribution is -2.13. The third-order valence-corrected chi connectivity index (χ3v) is 7.17. The van der Waals surface area contributed by atoms with Crippen molar-refractivity contribution in [1.29, 1.82) is 0 Å². The van der Waals surface area contributed by atoms with Gasteiger partial charge in [0.1, 0.15) is 11.6 Å². The summed E-state index contributed by atoms with van der Waals surface area (Å²) in [5.41, 5.74) is 2.58. The van der Waals surface area contributed by atoms with Crippen LogP contribution in [0.1, 0.15) is 82.6 Å². The average molecular weight is 421 g/mol. The van der Waals surface area contributed by atoms with Crippen molar-refractivity contribution in [3.8, 4) is 11.1 Å². The standard InChI is InChI=1S/C29H34F2/c1-2-3-4-5-6-7-21-8-10-22(11-9-21)24-14-18-28-25(20-24)15-19-27(29(28)31)23-12-16-26(30)17-13-23/h12-22H,2-11H2,1H3. The van der Waals surface area contributed by atoms with Crippen molar-refractivity contribution in [2.24, 2.45) is 5.92 Å². The summed E-state index contributed by atoms with van der Waals surface area (Å²) in [5, 5.41) is 1.60. The number of halogens is 2. The molecule has 3 aromatic rings. The van der Waals surface area contributed by atoms with Crippen LogP contribution in [0, 0.1) is 17.6 Å². The Labute approximate surface area is 185 Å². The van der Waals surface area contributed by atoms with Gasteiger partial charge in [0.25, 0.3) is 0 Å². The van der Waals surface area contributed by atoms with E-state index in [1.54, 1.807) is 12.1 Å². The monoisotopic (exact) mass is 420 g/mol. The van der Waals surface area contributed by atoms with Crippen LogP contribution in [-0.4, -0.2) is 0 Å². The Morgan fingerprint density at radius 1 is 0.774 bits per heavy atom. The quantitative estimate of drug-likeness (QED) is 0.318. The molecule has 0 aromatic heterocycles. The van der Waals surface area contributed by atoms with Gasteiger partial charge in [-0.25, -0.2) is 8.78 Å². The fourth-order valence-corrected chi connectivity index (χ4v) is 5.24. The van der Waals surface area contributed by atoms with Gasteiger partial charge in [0.15, 0.2) is 0 Å². The highest BCUT2D eigenvalue weighted by Gasteiger charge is 2.22. The van der Waals surface area contributed by atoms with Crippen LogP contribution in [0.25, 0.3) is 21.9 Å². The molecule has 164 valence electrons. The van der Waals surface area contributed by atoms with Crippen LogP contribution < -0.4 is 0 Å². The molecule has 0 unspecified atom stereocenters. The topological polar surface area (TPSA) is 0 Å². The maximum atomic E-state index is 15.2. The van der Waals surface area contributed by atoms with Crippen molar-refractivity contribution >= 4 is 10.8 Å². The smallest absolute Gasteiger partial charge is 0.138 e. The first kappa shape index (κ1) is 22.0. The summed E-state index contributed by atoms with van der Waals surface area (Å²) >= 11 is 0. The Morgan fingerprint density at radius 2 is 1.52 bits per heavy atom. The van der Waals surface area contributed by atoms with Gasteiger partial charge in [0, 0.05) is 10.9 Å². The van der Waals surface area contributed by atoms with E-state index < -0.39 is 0 Å². The molecular formula is C29H34F2. The van der Waals surface area contributed by atoms with E-state index in [1.165, 1.54) is 81.9 Å². The fourth-order valence-electron chi connectivity index (χ4n) is 5.24. The molecule has 1 aliphatic carbocycles. The molecule has 0 aliphatic heterocycles. The summed E-state index contributed by atoms with van der Waals surface area (Å²) in [6.07, 6.45) is 13.4. The largest absolute Gasteiger partial charge is 0.207 e. The van der Waals surface area contributed by atoms with Crippen LogP contribution in [0.3, 0.4) is 0 Å². The minimum atomic E-state index is -0.305. The SMILES string of the molecule is CCCCCCCC1CCC(c2ccc3c(F)c(-c4ccc(F)cc4)ccc3c2)CC1. The third kappa shape index (κ3) is 5.34. The van der Waals surface area contributed by atoms with Gasteiger partial charge in [-0.1, -0.05) is 87.9 Å². The van der Waals surface area contributed by atoms with Gasteiger partial charge in [0.05, 0.1) is 0 Å². The zero-order chi connectivity index (χ0) is 21.6. The number of fused-ring (bicyclic) bond motifs is 1. The highest BCUT2D eigenvalue weighted by molar-refractivity contribution is 5.88. The second kappa shape index (κ2) is 10.4. The van der Waals surface area contributed by atoms with E-state index in [0.717, 1.165) is 11.3 Å². The van der Waals surface area contributed by atoms with Gasteiger partial charge in [-0.2, -0.15) is 0 Å². The molecule has 4 rings (SSSR count). The molecule has 0 nitrogen and oxygen atoms in total. The zero-order valence-corrected chi connectivity index (χ0v) is 18.7. The van der Waals surface area contributed by atoms with Crippen molar-refractivity contribution in [3.63, 3.8) is 0 Å². The van der Waals surface area contributed by atoms with E-state index >= 15 is 4.39 Å². The second-order valence-corrected chi connectivity index (χ2v) is 9.34. The highest BCUT2D eigenvalue weighted by atomic mass is 19.1. The van der Waals surface area contributed by atoms with Gasteiger partial charge < -0.3 is 0 Å². The number of benzene rings is 3. The molecule has 0 radical (unpaired) electrons. The molecule has 0 heterocycles. The molecular weight excluding hydrogens is 386 g/mol. The molecule has 2 heteroatoms. The third-order valence-electron chi connectivity index (χ3n) is 7.17. The minimum Gasteiger partial charge on any atom is -0.207 e. The van der Waals surface area contributed by atoms with Crippen molar-refractivity contribution in [1.82, 2.24) is 0 Å². The number of hydrogen-bond acceptors (Lipinski definition) is 0. The Bertz CT molecular complexity index is 982. The summed E-state index contributed by atoms with van der Waals surface area (Å²) < 4.78 is 28.4. The van der Waals surface area contributed by atoms with Crippen molar-refractivity contribution in [2.75, 3.05) is 0 Å². The van der Waals surface area contributed by atoms with Gasteiger partial charge in [-0.15, -0.1) is 0 Å². The van der Waals surface area contributed by atoms with Crippen LogP contribution in [-0.2, 0) is 0 Å². The predicted molar refractivity (Wildman–Crippen MR) is 127 cm³/mol. The number of hydrogen-bond donors (Lipinski definition) is 0. The first-order valence-corrected chi connectivity index (χ1v) is 12.1. The molecule has 3 aromatic carbocycles. The number of rotatable bonds is 8. The van der Waals surface area contributed by atoms with Gasteiger partial charge in [0.2, 0.25) is 0 Å². The molecule has 0 amide bonds. The lowest BCUT2D eigenvalue weighted by Gasteiger charge is -2.29. The Kier molecular flexibility index (Phi) is 7.37. The molecule has 0 N–H and O–H groups in total. The zero-order valence-electron chi connectivity index (χ0n) is 18.7. The van der Waals surface area contributed by atoms with E-state index in [0.29, 0.717) is 22.4 Å². The summed E-state index contributed by atoms with van der Waals surface area (Å²) in [5.74, 6) is 0.970. The summed E-state index contributed by atoms with van der Waals surface area (Å²) in [6, 6.07) is 16.1. The minimum absolute atomic E-state index is 0.220. The van der Waals surface area contributed by atoms with Gasteiger partial charge in [-0.05, 0) is 66.2 Å². The van der Waals surface area contributed by atoms with E-state index in [9.17, 15) is 4.39 Å². The average Bonchev–Trinajstić information content (AvgIpc) is 2.80. The van der Waals surface area contributed by atoms with Crippen LogP contribution in [0.5, 0.6) is 0 Å². The first-order chi connectivity index (χ1) is 15.2. The summed E-state index contributed by atoms with van der Waals surface area (Å²) in [4.78, 5) is 0. The van der Waals surface area contributed by atoms with Gasteiger partial charge >= 0.3 is 0 Å². The van der Waals surface area contributed by atoms with Crippen LogP contribution in [0.2, 0.25) is 0 Å². The molecule has 0 spiro atoms. The molecule has 0 bridgehead atoms. The maximum absolute atomic E-state index is 15.2. The molecule has 0 saturated heterocycles. The molecule has 1 fully saturated rings. The van der Waals surface area contributed by atoms with E-state index in [2.05, 4.69) is 19.1 Å². The Hall–Kier alpha value is -2.22. The van der Waals surface area contributed by atoms with Crippen LogP contribution in [0.15, 0.2) is 54.6 Å². The highest BCUT2D eigenvalue weighted by Crippen LogP contribution is 2.39. The van der Waals surface area contributed by atoms with E-state index in [1.807, 2.05) is 18.2 Å². The van der Waals surface area contributed by atoms with Crippen molar-refractivity contribution in [3.05, 3.63) is 71.8 Å². The summed E-state index contributed by atoms with van der Waals surface area (Å²) in [6.45, 7) is 2.27. The molecule has 1 saturated carbocycles. The summed E-state index contributed by atoms with van der Waals surface area (Å²) in [7, 11) is 0. The maximum Gasteiger partial charge on any atom is 0.138 e. The second-order valence-electron chi connectivity index (χ2n) is 9.34. The predicted octanol–water partition coefficient (Wildman–Crippen LogP) is 9.42. The van der Waals surface area contributed by atoms with Crippen LogP contribution in [0.4, 0.5) is 8.78 Å². The van der Waals surface area contributed by atoms with Crippen molar-refractivity contribution < 1.29 is 8.78 Å². The lowest BCUT2D eigenvalue weighted by molar-refractivity contribution is 0.302. The number of unbranched alkanes of at least 4 members (excludes halogenated alkanes) is 4. The first-order valence-electron chi connectivity index (χ1n) is 12.1. The molecule has 31 heavy (non-hydrogen) atoms. The van der Waals surface area contributed by atoms with Gasteiger partial charge in [-0.3, -0.25) is 0 Å². The van der Waals surface area contributed by atoms with Crippen molar-refractivity contribution in [2.45, 2.75) is 77.0 Å². The molecule has 0 atom stereocenters. The lowest BCUT2D eigenvalue weighted by atomic mass is 9.76.